The fourth-order valence-electron chi connectivity index (χ4n) is 1.63. The number of aromatic nitrogens is 3. The monoisotopic (exact) mass is 217 g/mol. The number of hydrogen-bond acceptors (Lipinski definition) is 3. The van der Waals surface area contributed by atoms with Crippen LogP contribution in [0, 0.1) is 6.92 Å². The second kappa shape index (κ2) is 4.06. The second-order valence-corrected chi connectivity index (χ2v) is 4.23. The van der Waals surface area contributed by atoms with Gasteiger partial charge in [-0.2, -0.15) is 5.10 Å². The highest BCUT2D eigenvalue weighted by molar-refractivity contribution is 5.25. The third-order valence-corrected chi connectivity index (χ3v) is 2.61. The lowest BCUT2D eigenvalue weighted by Gasteiger charge is -2.23. The lowest BCUT2D eigenvalue weighted by molar-refractivity contribution is 0.0345. The minimum atomic E-state index is -0.929. The van der Waals surface area contributed by atoms with Gasteiger partial charge in [-0.05, 0) is 19.4 Å². The van der Waals surface area contributed by atoms with Gasteiger partial charge in [-0.3, -0.25) is 0 Å². The predicted molar refractivity (Wildman–Crippen MR) is 60.8 cm³/mol. The molecule has 4 nitrogen and oxygen atoms in total. The zero-order valence-corrected chi connectivity index (χ0v) is 9.46. The van der Waals surface area contributed by atoms with E-state index in [1.54, 1.807) is 17.9 Å². The average molecular weight is 217 g/mol. The quantitative estimate of drug-likeness (QED) is 0.847. The van der Waals surface area contributed by atoms with Gasteiger partial charge in [0.1, 0.15) is 18.3 Å². The van der Waals surface area contributed by atoms with Gasteiger partial charge in [0.25, 0.3) is 0 Å². The molecule has 0 aliphatic carbocycles. The summed E-state index contributed by atoms with van der Waals surface area (Å²) in [6, 6.07) is 7.86. The van der Waals surface area contributed by atoms with Gasteiger partial charge < -0.3 is 5.11 Å². The van der Waals surface area contributed by atoms with Crippen molar-refractivity contribution in [2.75, 3.05) is 0 Å². The van der Waals surface area contributed by atoms with Crippen LogP contribution in [-0.4, -0.2) is 19.9 Å². The maximum absolute atomic E-state index is 10.4. The van der Waals surface area contributed by atoms with Gasteiger partial charge in [-0.25, -0.2) is 9.67 Å². The molecule has 0 saturated heterocycles. The summed E-state index contributed by atoms with van der Waals surface area (Å²) >= 11 is 0. The average Bonchev–Trinajstić information content (AvgIpc) is 2.70. The van der Waals surface area contributed by atoms with Crippen molar-refractivity contribution in [1.29, 1.82) is 0 Å². The molecule has 1 heterocycles. The molecule has 84 valence electrons. The molecule has 1 aromatic carbocycles. The molecule has 1 atom stereocenters. The fourth-order valence-corrected chi connectivity index (χ4v) is 1.63. The Morgan fingerprint density at radius 3 is 2.56 bits per heavy atom. The number of aliphatic hydroxyl groups is 1. The lowest BCUT2D eigenvalue weighted by atomic mass is 9.95. The van der Waals surface area contributed by atoms with Gasteiger partial charge in [0, 0.05) is 0 Å². The first-order valence-corrected chi connectivity index (χ1v) is 5.20. The van der Waals surface area contributed by atoms with Gasteiger partial charge in [-0.15, -0.1) is 0 Å². The summed E-state index contributed by atoms with van der Waals surface area (Å²) in [5.74, 6) is 0. The van der Waals surface area contributed by atoms with E-state index in [1.165, 1.54) is 11.9 Å². The molecule has 4 heteroatoms. The van der Waals surface area contributed by atoms with E-state index in [9.17, 15) is 5.11 Å². The molecule has 1 N–H and O–H groups in total. The zero-order chi connectivity index (χ0) is 11.6. The van der Waals surface area contributed by atoms with Gasteiger partial charge in [0.05, 0.1) is 6.54 Å². The Morgan fingerprint density at radius 2 is 2.00 bits per heavy atom. The Hall–Kier alpha value is -1.68. The van der Waals surface area contributed by atoms with E-state index in [2.05, 4.69) is 10.1 Å². The largest absolute Gasteiger partial charge is 0.384 e. The molecular weight excluding hydrogens is 202 g/mol. The Balaban J connectivity index is 2.21. The van der Waals surface area contributed by atoms with Gasteiger partial charge in [-0.1, -0.05) is 29.8 Å². The molecule has 0 aliphatic rings. The van der Waals surface area contributed by atoms with E-state index in [0.717, 1.165) is 5.56 Å². The van der Waals surface area contributed by atoms with Crippen LogP contribution in [-0.2, 0) is 12.1 Å². The van der Waals surface area contributed by atoms with E-state index >= 15 is 0 Å². The van der Waals surface area contributed by atoms with Crippen LogP contribution in [0.25, 0.3) is 0 Å². The lowest BCUT2D eigenvalue weighted by Crippen LogP contribution is -2.28. The van der Waals surface area contributed by atoms with Crippen LogP contribution in [0.5, 0.6) is 0 Å². The Kier molecular flexibility index (Phi) is 2.75. The van der Waals surface area contributed by atoms with Gasteiger partial charge in [0.15, 0.2) is 0 Å². The van der Waals surface area contributed by atoms with Crippen molar-refractivity contribution < 1.29 is 5.11 Å². The third kappa shape index (κ3) is 2.28. The van der Waals surface area contributed by atoms with Crippen LogP contribution < -0.4 is 0 Å². The van der Waals surface area contributed by atoms with Crippen LogP contribution in [0.1, 0.15) is 18.1 Å². The number of rotatable bonds is 3. The van der Waals surface area contributed by atoms with E-state index in [4.69, 9.17) is 0 Å². The molecule has 0 saturated carbocycles. The Labute approximate surface area is 94.6 Å². The van der Waals surface area contributed by atoms with Crippen molar-refractivity contribution in [3.8, 4) is 0 Å². The molecule has 1 unspecified atom stereocenters. The highest BCUT2D eigenvalue weighted by Gasteiger charge is 2.23. The molecule has 0 aliphatic heterocycles. The van der Waals surface area contributed by atoms with Crippen LogP contribution in [0.3, 0.4) is 0 Å². The maximum atomic E-state index is 10.4. The number of nitrogens with zero attached hydrogens (tertiary/aromatic N) is 3. The smallest absolute Gasteiger partial charge is 0.137 e. The summed E-state index contributed by atoms with van der Waals surface area (Å²) in [6.07, 6.45) is 3.06. The standard InChI is InChI=1S/C12H15N3O/c1-10-3-5-11(6-4-10)12(2,16)7-15-9-13-8-14-15/h3-6,8-9,16H,7H2,1-2H3. The topological polar surface area (TPSA) is 50.9 Å². The first-order chi connectivity index (χ1) is 7.58. The first kappa shape index (κ1) is 10.8. The molecule has 0 spiro atoms. The minimum Gasteiger partial charge on any atom is -0.384 e. The first-order valence-electron chi connectivity index (χ1n) is 5.20. The summed E-state index contributed by atoms with van der Waals surface area (Å²) in [6.45, 7) is 4.20. The van der Waals surface area contributed by atoms with Crippen LogP contribution >= 0.6 is 0 Å². The van der Waals surface area contributed by atoms with Crippen LogP contribution in [0.4, 0.5) is 0 Å². The zero-order valence-electron chi connectivity index (χ0n) is 9.46. The van der Waals surface area contributed by atoms with E-state index in [1.807, 2.05) is 31.2 Å². The van der Waals surface area contributed by atoms with E-state index < -0.39 is 5.60 Å². The predicted octanol–water partition coefficient (Wildman–Crippen LogP) is 1.49. The number of hydrogen-bond donors (Lipinski definition) is 1. The molecule has 2 aromatic rings. The Morgan fingerprint density at radius 1 is 1.31 bits per heavy atom. The van der Waals surface area contributed by atoms with E-state index in [-0.39, 0.29) is 0 Å². The maximum Gasteiger partial charge on any atom is 0.137 e. The number of benzene rings is 1. The summed E-state index contributed by atoms with van der Waals surface area (Å²) in [4.78, 5) is 3.85. The minimum absolute atomic E-state index is 0.399. The van der Waals surface area contributed by atoms with Crippen molar-refractivity contribution in [3.63, 3.8) is 0 Å². The van der Waals surface area contributed by atoms with Gasteiger partial charge >= 0.3 is 0 Å². The van der Waals surface area contributed by atoms with Crippen LogP contribution in [0.2, 0.25) is 0 Å². The summed E-state index contributed by atoms with van der Waals surface area (Å²) in [7, 11) is 0. The normalized spacial score (nSPS) is 14.7. The SMILES string of the molecule is Cc1ccc(C(C)(O)Cn2cncn2)cc1. The second-order valence-electron chi connectivity index (χ2n) is 4.23. The van der Waals surface area contributed by atoms with Crippen molar-refractivity contribution >= 4 is 0 Å². The van der Waals surface area contributed by atoms with Gasteiger partial charge in [0.2, 0.25) is 0 Å². The van der Waals surface area contributed by atoms with Crippen molar-refractivity contribution in [1.82, 2.24) is 14.8 Å². The molecule has 16 heavy (non-hydrogen) atoms. The van der Waals surface area contributed by atoms with Crippen LogP contribution in [0.15, 0.2) is 36.9 Å². The molecule has 0 radical (unpaired) electrons. The molecule has 0 bridgehead atoms. The highest BCUT2D eigenvalue weighted by Crippen LogP contribution is 2.22. The summed E-state index contributed by atoms with van der Waals surface area (Å²) in [5, 5.41) is 14.3. The van der Waals surface area contributed by atoms with E-state index in [0.29, 0.717) is 6.54 Å². The summed E-state index contributed by atoms with van der Waals surface area (Å²) in [5.41, 5.74) is 1.13. The third-order valence-electron chi connectivity index (χ3n) is 2.61. The fraction of sp³-hybridized carbons (Fsp3) is 0.333. The molecule has 1 aromatic heterocycles. The molecular formula is C12H15N3O. The Bertz CT molecular complexity index is 446. The molecule has 2 rings (SSSR count). The molecule has 0 amide bonds. The summed E-state index contributed by atoms with van der Waals surface area (Å²) < 4.78 is 1.62. The molecule has 0 fully saturated rings. The van der Waals surface area contributed by atoms with Crippen molar-refractivity contribution in [2.24, 2.45) is 0 Å². The number of aryl methyl sites for hydroxylation is 1. The van der Waals surface area contributed by atoms with Crippen molar-refractivity contribution in [2.45, 2.75) is 26.0 Å². The van der Waals surface area contributed by atoms with Crippen molar-refractivity contribution in [3.05, 3.63) is 48.0 Å². The highest BCUT2D eigenvalue weighted by atomic mass is 16.3.